The molecule has 1 N–H and O–H groups in total. The van der Waals surface area contributed by atoms with Crippen LogP contribution in [0, 0.1) is 0 Å². The van der Waals surface area contributed by atoms with Crippen molar-refractivity contribution in [2.75, 3.05) is 0 Å². The predicted molar refractivity (Wildman–Crippen MR) is 49.0 cm³/mol. The number of hydrogen-bond acceptors (Lipinski definition) is 2. The molecule has 0 aromatic heterocycles. The normalized spacial score (nSPS) is 10.8. The van der Waals surface area contributed by atoms with Crippen LogP contribution in [0.25, 0.3) is 11.3 Å². The van der Waals surface area contributed by atoms with Crippen LogP contribution in [0.15, 0.2) is 33.2 Å². The minimum absolute atomic E-state index is 0.0816. The predicted octanol–water partition coefficient (Wildman–Crippen LogP) is 2.64. The Morgan fingerprint density at radius 3 is 3.00 bits per heavy atom. The van der Waals surface area contributed by atoms with Crippen molar-refractivity contribution < 1.29 is 9.52 Å². The van der Waals surface area contributed by atoms with Gasteiger partial charge in [0, 0.05) is 5.56 Å². The summed E-state index contributed by atoms with van der Waals surface area (Å²) in [5.41, 5.74) is 1.04. The van der Waals surface area contributed by atoms with Gasteiger partial charge in [0.25, 0.3) is 0 Å². The molecule has 0 aromatic carbocycles. The molecule has 0 unspecified atom stereocenters. The smallest absolute Gasteiger partial charge is 0.144 e. The maximum atomic E-state index is 8.89. The van der Waals surface area contributed by atoms with Gasteiger partial charge in [0.1, 0.15) is 18.1 Å². The number of aliphatic hydroxyl groups is 1. The highest BCUT2D eigenvalue weighted by Gasteiger charge is 2.09. The van der Waals surface area contributed by atoms with Gasteiger partial charge in [0.05, 0.1) is 4.47 Å². The monoisotopic (exact) mass is 226 g/mol. The first-order valence-electron chi connectivity index (χ1n) is 3.59. The van der Waals surface area contributed by atoms with Gasteiger partial charge in [-0.1, -0.05) is 12.1 Å². The van der Waals surface area contributed by atoms with E-state index in [9.17, 15) is 0 Å². The summed E-state index contributed by atoms with van der Waals surface area (Å²) < 4.78 is 6.19. The summed E-state index contributed by atoms with van der Waals surface area (Å²) in [4.78, 5) is 0. The Kier molecular flexibility index (Phi) is 1.90. The molecule has 1 heterocycles. The fourth-order valence-electron chi connectivity index (χ4n) is 1.14. The first-order valence-corrected chi connectivity index (χ1v) is 4.38. The largest absolute Gasteiger partial charge is 0.457 e. The second-order valence-electron chi connectivity index (χ2n) is 2.52. The third-order valence-corrected chi connectivity index (χ3v) is 2.40. The first-order chi connectivity index (χ1) is 5.81. The molecule has 12 heavy (non-hydrogen) atoms. The van der Waals surface area contributed by atoms with Crippen LogP contribution in [0.2, 0.25) is 0 Å². The van der Waals surface area contributed by atoms with Crippen molar-refractivity contribution in [2.24, 2.45) is 0 Å². The van der Waals surface area contributed by atoms with Crippen LogP contribution < -0.4 is 0 Å². The number of aliphatic hydroxyl groups excluding tert-OH is 1. The lowest BCUT2D eigenvalue weighted by Gasteiger charge is -2.03. The van der Waals surface area contributed by atoms with Crippen molar-refractivity contribution in [1.29, 1.82) is 0 Å². The van der Waals surface area contributed by atoms with Gasteiger partial charge in [-0.2, -0.15) is 0 Å². The molecule has 0 spiro atoms. The highest BCUT2D eigenvalue weighted by molar-refractivity contribution is 9.10. The molecular formula is C9H7BrO2. The summed E-state index contributed by atoms with van der Waals surface area (Å²) in [6.45, 7) is -0.0816. The number of fused-ring (bicyclic) bond motifs is 1. The van der Waals surface area contributed by atoms with Crippen LogP contribution >= 0.6 is 15.9 Å². The molecular weight excluding hydrogens is 220 g/mol. The third-order valence-electron chi connectivity index (χ3n) is 1.73. The number of rotatable bonds is 1. The second-order valence-corrected chi connectivity index (χ2v) is 3.38. The van der Waals surface area contributed by atoms with Crippen molar-refractivity contribution in [3.05, 3.63) is 34.5 Å². The lowest BCUT2D eigenvalue weighted by atomic mass is 10.2. The highest BCUT2D eigenvalue weighted by Crippen LogP contribution is 2.29. The van der Waals surface area contributed by atoms with E-state index in [0.29, 0.717) is 5.76 Å². The zero-order valence-corrected chi connectivity index (χ0v) is 7.84. The Hall–Kier alpha value is -0.800. The molecule has 0 saturated heterocycles. The molecule has 2 rings (SSSR count). The standard InChI is InChI=1S/C9H7BrO2/c10-7-4-6-2-1-3-8(6)12-9(7)5-11/h1-4,11H,5H2. The van der Waals surface area contributed by atoms with E-state index in [1.807, 2.05) is 24.3 Å². The van der Waals surface area contributed by atoms with Crippen molar-refractivity contribution in [3.8, 4) is 11.3 Å². The Bertz CT molecular complexity index is 367. The topological polar surface area (TPSA) is 33.4 Å². The molecule has 0 radical (unpaired) electrons. The zero-order valence-electron chi connectivity index (χ0n) is 6.25. The molecule has 0 saturated carbocycles. The Labute approximate surface area is 78.3 Å². The summed E-state index contributed by atoms with van der Waals surface area (Å²) in [6, 6.07) is 7.69. The average Bonchev–Trinajstić information content (AvgIpc) is 2.49. The van der Waals surface area contributed by atoms with Crippen LogP contribution in [0.5, 0.6) is 0 Å². The minimum Gasteiger partial charge on any atom is -0.457 e. The van der Waals surface area contributed by atoms with E-state index in [2.05, 4.69) is 15.9 Å². The lowest BCUT2D eigenvalue weighted by Crippen LogP contribution is -1.86. The van der Waals surface area contributed by atoms with E-state index in [1.54, 1.807) is 0 Å². The van der Waals surface area contributed by atoms with E-state index < -0.39 is 0 Å². The fraction of sp³-hybridized carbons (Fsp3) is 0.111. The average molecular weight is 227 g/mol. The van der Waals surface area contributed by atoms with Crippen molar-refractivity contribution in [2.45, 2.75) is 6.61 Å². The molecule has 0 atom stereocenters. The van der Waals surface area contributed by atoms with Crippen molar-refractivity contribution in [1.82, 2.24) is 0 Å². The molecule has 62 valence electrons. The van der Waals surface area contributed by atoms with Gasteiger partial charge in [0.2, 0.25) is 0 Å². The Morgan fingerprint density at radius 2 is 2.25 bits per heavy atom. The zero-order chi connectivity index (χ0) is 8.55. The van der Waals surface area contributed by atoms with E-state index in [0.717, 1.165) is 15.8 Å². The van der Waals surface area contributed by atoms with Crippen LogP contribution in [0.3, 0.4) is 0 Å². The second kappa shape index (κ2) is 2.92. The van der Waals surface area contributed by atoms with Gasteiger partial charge in [-0.3, -0.25) is 0 Å². The number of halogens is 1. The molecule has 0 fully saturated rings. The van der Waals surface area contributed by atoms with Gasteiger partial charge in [-0.15, -0.1) is 0 Å². The Balaban J connectivity index is 2.67. The molecule has 1 aliphatic heterocycles. The summed E-state index contributed by atoms with van der Waals surface area (Å²) in [6.07, 6.45) is 0. The summed E-state index contributed by atoms with van der Waals surface area (Å²) >= 11 is 3.31. The summed E-state index contributed by atoms with van der Waals surface area (Å²) in [5.74, 6) is 1.37. The maximum Gasteiger partial charge on any atom is 0.144 e. The molecule has 2 nitrogen and oxygen atoms in total. The van der Waals surface area contributed by atoms with Crippen LogP contribution in [-0.2, 0) is 6.61 Å². The van der Waals surface area contributed by atoms with E-state index in [1.165, 1.54) is 0 Å². The van der Waals surface area contributed by atoms with Gasteiger partial charge in [0.15, 0.2) is 0 Å². The molecule has 1 aliphatic carbocycles. The SMILES string of the molecule is OCc1oc2cccc-2cc1Br. The van der Waals surface area contributed by atoms with Gasteiger partial charge >= 0.3 is 0 Å². The molecule has 0 amide bonds. The molecule has 0 aromatic rings. The van der Waals surface area contributed by atoms with Gasteiger partial charge in [-0.25, -0.2) is 0 Å². The Morgan fingerprint density at radius 1 is 1.42 bits per heavy atom. The third kappa shape index (κ3) is 1.15. The lowest BCUT2D eigenvalue weighted by molar-refractivity contribution is 0.244. The molecule has 3 heteroatoms. The fourth-order valence-corrected chi connectivity index (χ4v) is 1.59. The van der Waals surface area contributed by atoms with Crippen molar-refractivity contribution >= 4 is 15.9 Å². The van der Waals surface area contributed by atoms with E-state index >= 15 is 0 Å². The maximum absolute atomic E-state index is 8.89. The quantitative estimate of drug-likeness (QED) is 0.812. The van der Waals surface area contributed by atoms with Gasteiger partial charge in [-0.05, 0) is 28.1 Å². The van der Waals surface area contributed by atoms with Crippen LogP contribution in [-0.4, -0.2) is 5.11 Å². The first kappa shape index (κ1) is 7.83. The van der Waals surface area contributed by atoms with Crippen LogP contribution in [0.1, 0.15) is 5.76 Å². The van der Waals surface area contributed by atoms with Gasteiger partial charge < -0.3 is 9.52 Å². The molecule has 0 bridgehead atoms. The summed E-state index contributed by atoms with van der Waals surface area (Å²) in [7, 11) is 0. The highest BCUT2D eigenvalue weighted by atomic mass is 79.9. The molecule has 2 aliphatic rings. The summed E-state index contributed by atoms with van der Waals surface area (Å²) in [5, 5.41) is 8.89. The van der Waals surface area contributed by atoms with E-state index in [4.69, 9.17) is 9.52 Å². The number of hydrogen-bond donors (Lipinski definition) is 1. The minimum atomic E-state index is -0.0816. The van der Waals surface area contributed by atoms with Crippen LogP contribution in [0.4, 0.5) is 0 Å². The van der Waals surface area contributed by atoms with E-state index in [-0.39, 0.29) is 6.61 Å². The van der Waals surface area contributed by atoms with Crippen molar-refractivity contribution in [3.63, 3.8) is 0 Å².